The molecule has 11 atom stereocenters. The number of carbonyl (C=O) groups is 1. The molecule has 1 heterocycles. The molecule has 5 fully saturated rings. The first-order valence-electron chi connectivity index (χ1n) is 12.9. The van der Waals surface area contributed by atoms with Crippen molar-refractivity contribution < 1.29 is 54.5 Å². The van der Waals surface area contributed by atoms with Crippen LogP contribution >= 0.6 is 0 Å². The molecule has 4 nitrogen and oxygen atoms in total. The van der Waals surface area contributed by atoms with Crippen molar-refractivity contribution in [1.29, 1.82) is 0 Å². The molecule has 0 aromatic heterocycles. The number of aliphatic hydroxyl groups is 1. The SMILES string of the molecule is CC1C2CC(C(=O)OC3(C(F)(F)F)COC(O)(C(F)(F)F)C3(F)F)C(C2)C1C.CC1C2CCC(C2)C1C. The molecule has 5 aliphatic rings. The maximum Gasteiger partial charge on any atom is 0.449 e. The van der Waals surface area contributed by atoms with E-state index in [-0.39, 0.29) is 24.2 Å². The Balaban J connectivity index is 0.000000295. The second kappa shape index (κ2) is 8.93. The molecular weight excluding hydrogens is 516 g/mol. The number of alkyl halides is 8. The lowest BCUT2D eigenvalue weighted by atomic mass is 9.75. The minimum atomic E-state index is -6.26. The van der Waals surface area contributed by atoms with Crippen molar-refractivity contribution in [3.05, 3.63) is 0 Å². The van der Waals surface area contributed by atoms with Crippen molar-refractivity contribution in [2.24, 2.45) is 53.3 Å². The maximum atomic E-state index is 14.4. The van der Waals surface area contributed by atoms with E-state index in [1.165, 1.54) is 12.8 Å². The summed E-state index contributed by atoms with van der Waals surface area (Å²) in [6, 6.07) is 0. The number of ether oxygens (including phenoxy) is 2. The first-order valence-corrected chi connectivity index (χ1v) is 12.9. The Labute approximate surface area is 210 Å². The normalized spacial score (nSPS) is 48.2. The number of esters is 1. The van der Waals surface area contributed by atoms with Gasteiger partial charge in [-0.25, -0.2) is 0 Å². The zero-order valence-electron chi connectivity index (χ0n) is 21.1. The summed E-state index contributed by atoms with van der Waals surface area (Å²) in [6.07, 6.45) is -7.14. The summed E-state index contributed by atoms with van der Waals surface area (Å²) in [5.74, 6) is -10.2. The lowest BCUT2D eigenvalue weighted by Gasteiger charge is -2.39. The van der Waals surface area contributed by atoms with Crippen molar-refractivity contribution in [3.63, 3.8) is 0 Å². The van der Waals surface area contributed by atoms with Crippen LogP contribution < -0.4 is 0 Å². The molecule has 37 heavy (non-hydrogen) atoms. The van der Waals surface area contributed by atoms with Gasteiger partial charge in [-0.15, -0.1) is 0 Å². The monoisotopic (exact) mass is 550 g/mol. The number of halogens is 8. The fourth-order valence-electron chi connectivity index (χ4n) is 7.66. The molecule has 12 heteroatoms. The van der Waals surface area contributed by atoms with Gasteiger partial charge in [-0.3, -0.25) is 4.79 Å². The summed E-state index contributed by atoms with van der Waals surface area (Å²) in [4.78, 5) is 12.4. The van der Waals surface area contributed by atoms with Gasteiger partial charge in [0.15, 0.2) is 0 Å². The summed E-state index contributed by atoms with van der Waals surface area (Å²) in [5, 5.41) is 9.23. The number of rotatable bonds is 2. The van der Waals surface area contributed by atoms with Gasteiger partial charge in [-0.1, -0.05) is 27.7 Å². The number of carbonyl (C=O) groups excluding carboxylic acids is 1. The zero-order valence-corrected chi connectivity index (χ0v) is 21.1. The maximum absolute atomic E-state index is 14.4. The smallest absolute Gasteiger partial charge is 0.440 e. The van der Waals surface area contributed by atoms with E-state index < -0.39 is 54.1 Å². The van der Waals surface area contributed by atoms with Gasteiger partial charge < -0.3 is 14.6 Å². The fraction of sp³-hybridized carbons (Fsp3) is 0.960. The molecule has 0 radical (unpaired) electrons. The van der Waals surface area contributed by atoms with Gasteiger partial charge in [0.05, 0.1) is 5.92 Å². The van der Waals surface area contributed by atoms with Crippen LogP contribution in [0.4, 0.5) is 35.1 Å². The van der Waals surface area contributed by atoms with Crippen LogP contribution in [0.15, 0.2) is 0 Å². The van der Waals surface area contributed by atoms with Crippen molar-refractivity contribution in [2.75, 3.05) is 6.61 Å². The van der Waals surface area contributed by atoms with Gasteiger partial charge in [0, 0.05) is 0 Å². The Morgan fingerprint density at radius 1 is 0.811 bits per heavy atom. The van der Waals surface area contributed by atoms with E-state index in [1.54, 1.807) is 13.3 Å². The Hall–Kier alpha value is -1.17. The minimum absolute atomic E-state index is 0.00756. The molecular formula is C25H34F8O4. The second-order valence-electron chi connectivity index (χ2n) is 12.0. The molecule has 1 aliphatic heterocycles. The summed E-state index contributed by atoms with van der Waals surface area (Å²) < 4.78 is 115. The first kappa shape index (κ1) is 28.8. The van der Waals surface area contributed by atoms with E-state index in [9.17, 15) is 45.0 Å². The Kier molecular flexibility index (Phi) is 6.95. The van der Waals surface area contributed by atoms with E-state index in [2.05, 4.69) is 23.3 Å². The highest BCUT2D eigenvalue weighted by Gasteiger charge is 2.90. The van der Waals surface area contributed by atoms with Crippen LogP contribution in [0.2, 0.25) is 0 Å². The van der Waals surface area contributed by atoms with Crippen molar-refractivity contribution in [1.82, 2.24) is 0 Å². The van der Waals surface area contributed by atoms with Crippen LogP contribution in [0.5, 0.6) is 0 Å². The average Bonchev–Trinajstić information content (AvgIpc) is 3.56. The van der Waals surface area contributed by atoms with Crippen LogP contribution in [-0.2, 0) is 14.3 Å². The predicted octanol–water partition coefficient (Wildman–Crippen LogP) is 6.36. The van der Waals surface area contributed by atoms with Crippen LogP contribution in [0.3, 0.4) is 0 Å². The van der Waals surface area contributed by atoms with Crippen molar-refractivity contribution >= 4 is 5.97 Å². The highest BCUT2D eigenvalue weighted by Crippen LogP contribution is 2.61. The van der Waals surface area contributed by atoms with Gasteiger partial charge >= 0.3 is 30.0 Å². The average molecular weight is 551 g/mol. The van der Waals surface area contributed by atoms with Gasteiger partial charge in [0.25, 0.3) is 5.60 Å². The predicted molar refractivity (Wildman–Crippen MR) is 114 cm³/mol. The number of fused-ring (bicyclic) bond motifs is 4. The fourth-order valence-corrected chi connectivity index (χ4v) is 7.66. The van der Waals surface area contributed by atoms with Crippen LogP contribution in [0.25, 0.3) is 0 Å². The Bertz CT molecular complexity index is 871. The summed E-state index contributed by atoms with van der Waals surface area (Å²) in [7, 11) is 0. The second-order valence-corrected chi connectivity index (χ2v) is 12.0. The Morgan fingerprint density at radius 2 is 1.32 bits per heavy atom. The largest absolute Gasteiger partial charge is 0.449 e. The third-order valence-electron chi connectivity index (χ3n) is 10.6. The summed E-state index contributed by atoms with van der Waals surface area (Å²) >= 11 is 0. The molecule has 0 spiro atoms. The van der Waals surface area contributed by atoms with Crippen LogP contribution in [0, 0.1) is 53.3 Å². The highest BCUT2D eigenvalue weighted by atomic mass is 19.4. The molecule has 11 unspecified atom stereocenters. The molecule has 0 aromatic carbocycles. The topological polar surface area (TPSA) is 55.8 Å². The molecule has 4 aliphatic carbocycles. The Morgan fingerprint density at radius 3 is 1.68 bits per heavy atom. The molecule has 4 bridgehead atoms. The van der Waals surface area contributed by atoms with E-state index >= 15 is 0 Å². The third-order valence-corrected chi connectivity index (χ3v) is 10.6. The molecule has 4 saturated carbocycles. The molecule has 0 amide bonds. The number of hydrogen-bond acceptors (Lipinski definition) is 4. The van der Waals surface area contributed by atoms with E-state index in [4.69, 9.17) is 0 Å². The lowest BCUT2D eigenvalue weighted by Crippen LogP contribution is -2.69. The van der Waals surface area contributed by atoms with Gasteiger partial charge in [0.2, 0.25) is 0 Å². The van der Waals surface area contributed by atoms with Crippen LogP contribution in [-0.4, -0.2) is 47.3 Å². The van der Waals surface area contributed by atoms with Crippen molar-refractivity contribution in [2.45, 2.75) is 89.5 Å². The summed E-state index contributed by atoms with van der Waals surface area (Å²) in [6.45, 7) is 6.17. The van der Waals surface area contributed by atoms with E-state index in [0.717, 1.165) is 23.7 Å². The molecule has 1 N–H and O–H groups in total. The third kappa shape index (κ3) is 4.09. The molecule has 5 rings (SSSR count). The molecule has 0 aromatic rings. The minimum Gasteiger partial charge on any atom is -0.440 e. The standard InChI is InChI=1S/C16H18F8O4.C9H16/c1-6-7(2)9-3-8(6)4-10(9)11(25)28-12(15(19,20)21)5-27-14(26,13(12,17)18)16(22,23)24;1-6-7(2)9-4-3-8(6)5-9/h6-10,26H,3-5H2,1-2H3;6-9H,3-5H2,1-2H3. The van der Waals surface area contributed by atoms with Gasteiger partial charge in [0.1, 0.15) is 6.61 Å². The molecule has 1 saturated heterocycles. The van der Waals surface area contributed by atoms with Gasteiger partial charge in [-0.2, -0.15) is 35.1 Å². The van der Waals surface area contributed by atoms with E-state index in [0.29, 0.717) is 6.42 Å². The van der Waals surface area contributed by atoms with Crippen molar-refractivity contribution in [3.8, 4) is 0 Å². The highest BCUT2D eigenvalue weighted by molar-refractivity contribution is 5.74. The summed E-state index contributed by atoms with van der Waals surface area (Å²) in [5.41, 5.74) is -4.95. The van der Waals surface area contributed by atoms with Gasteiger partial charge in [-0.05, 0) is 79.4 Å². The van der Waals surface area contributed by atoms with E-state index in [1.807, 2.05) is 6.92 Å². The van der Waals surface area contributed by atoms with Crippen LogP contribution in [0.1, 0.15) is 59.8 Å². The lowest BCUT2D eigenvalue weighted by molar-refractivity contribution is -0.421. The zero-order chi connectivity index (χ0) is 27.9. The quantitative estimate of drug-likeness (QED) is 0.321. The number of hydrogen-bond donors (Lipinski definition) is 1. The molecule has 214 valence electrons. The first-order chi connectivity index (χ1) is 16.8.